The molecule has 0 fully saturated rings. The Bertz CT molecular complexity index is 331. The minimum absolute atomic E-state index is 0.0813. The molecule has 0 aromatic heterocycles. The number of ether oxygens (including phenoxy) is 1. The lowest BCUT2D eigenvalue weighted by Gasteiger charge is -2.09. The van der Waals surface area contributed by atoms with Crippen molar-refractivity contribution >= 4 is 23.2 Å². The molecule has 1 aromatic carbocycles. The van der Waals surface area contributed by atoms with E-state index in [9.17, 15) is 13.2 Å². The van der Waals surface area contributed by atoms with Crippen LogP contribution in [0.3, 0.4) is 0 Å². The van der Waals surface area contributed by atoms with Crippen molar-refractivity contribution in [3.63, 3.8) is 0 Å². The summed E-state index contributed by atoms with van der Waals surface area (Å²) in [6.45, 7) is -3.02. The second kappa shape index (κ2) is 4.75. The molecular formula is C8H5Cl2F3O. The van der Waals surface area contributed by atoms with Crippen molar-refractivity contribution in [2.24, 2.45) is 0 Å². The van der Waals surface area contributed by atoms with Crippen LogP contribution in [0.4, 0.5) is 13.2 Å². The Morgan fingerprint density at radius 3 is 2.50 bits per heavy atom. The van der Waals surface area contributed by atoms with Crippen LogP contribution in [-0.4, -0.2) is 6.61 Å². The maximum absolute atomic E-state index is 12.8. The molecule has 0 aliphatic heterocycles. The topological polar surface area (TPSA) is 9.23 Å². The van der Waals surface area contributed by atoms with Gasteiger partial charge in [0, 0.05) is 11.6 Å². The van der Waals surface area contributed by atoms with Crippen molar-refractivity contribution in [1.82, 2.24) is 0 Å². The molecule has 0 bridgehead atoms. The third-order valence-corrected chi connectivity index (χ3v) is 2.04. The van der Waals surface area contributed by atoms with Crippen LogP contribution in [0.2, 0.25) is 5.02 Å². The summed E-state index contributed by atoms with van der Waals surface area (Å²) in [4.78, 5) is 0. The SMILES string of the molecule is Fc1cc(OC(F)F)c(CCl)cc1Cl. The Hall–Kier alpha value is -0.610. The Labute approximate surface area is 88.4 Å². The van der Waals surface area contributed by atoms with Gasteiger partial charge in [-0.15, -0.1) is 11.6 Å². The summed E-state index contributed by atoms with van der Waals surface area (Å²) in [5, 5.41) is -0.178. The summed E-state index contributed by atoms with van der Waals surface area (Å²) in [7, 11) is 0. The van der Waals surface area contributed by atoms with Crippen LogP contribution in [-0.2, 0) is 5.88 Å². The molecule has 0 saturated carbocycles. The number of hydrogen-bond donors (Lipinski definition) is 0. The van der Waals surface area contributed by atoms with E-state index in [0.717, 1.165) is 12.1 Å². The van der Waals surface area contributed by atoms with Crippen molar-refractivity contribution < 1.29 is 17.9 Å². The quantitative estimate of drug-likeness (QED) is 0.735. The maximum atomic E-state index is 12.8. The fourth-order valence-electron chi connectivity index (χ4n) is 0.880. The van der Waals surface area contributed by atoms with Gasteiger partial charge in [0.05, 0.1) is 10.9 Å². The van der Waals surface area contributed by atoms with E-state index in [2.05, 4.69) is 4.74 Å². The van der Waals surface area contributed by atoms with E-state index in [-0.39, 0.29) is 22.2 Å². The van der Waals surface area contributed by atoms with Crippen LogP contribution in [0.1, 0.15) is 5.56 Å². The molecule has 0 atom stereocenters. The number of rotatable bonds is 3. The zero-order valence-electron chi connectivity index (χ0n) is 6.74. The molecule has 0 spiro atoms. The van der Waals surface area contributed by atoms with Gasteiger partial charge in [0.25, 0.3) is 0 Å². The molecule has 0 heterocycles. The predicted molar refractivity (Wildman–Crippen MR) is 47.6 cm³/mol. The van der Waals surface area contributed by atoms with Crippen molar-refractivity contribution in [3.8, 4) is 5.75 Å². The molecule has 0 aliphatic carbocycles. The summed E-state index contributed by atoms with van der Waals surface area (Å²) in [5.41, 5.74) is 0.221. The monoisotopic (exact) mass is 244 g/mol. The van der Waals surface area contributed by atoms with Gasteiger partial charge in [-0.1, -0.05) is 11.6 Å². The highest BCUT2D eigenvalue weighted by Crippen LogP contribution is 2.28. The van der Waals surface area contributed by atoms with E-state index >= 15 is 0 Å². The fraction of sp³-hybridized carbons (Fsp3) is 0.250. The van der Waals surface area contributed by atoms with Crippen LogP contribution in [0.25, 0.3) is 0 Å². The minimum atomic E-state index is -3.02. The molecular weight excluding hydrogens is 240 g/mol. The maximum Gasteiger partial charge on any atom is 0.387 e. The molecule has 1 nitrogen and oxygen atoms in total. The highest BCUT2D eigenvalue weighted by atomic mass is 35.5. The van der Waals surface area contributed by atoms with Gasteiger partial charge >= 0.3 is 6.61 Å². The third-order valence-electron chi connectivity index (χ3n) is 1.46. The van der Waals surface area contributed by atoms with Gasteiger partial charge in [0.1, 0.15) is 11.6 Å². The average Bonchev–Trinajstić information content (AvgIpc) is 2.10. The smallest absolute Gasteiger partial charge is 0.387 e. The Kier molecular flexibility index (Phi) is 3.89. The fourth-order valence-corrected chi connectivity index (χ4v) is 1.28. The van der Waals surface area contributed by atoms with Gasteiger partial charge in [0.15, 0.2) is 0 Å². The zero-order valence-corrected chi connectivity index (χ0v) is 8.25. The minimum Gasteiger partial charge on any atom is -0.434 e. The molecule has 0 N–H and O–H groups in total. The molecule has 1 rings (SSSR count). The first-order chi connectivity index (χ1) is 6.54. The van der Waals surface area contributed by atoms with Crippen LogP contribution in [0.15, 0.2) is 12.1 Å². The second-order valence-corrected chi connectivity index (χ2v) is 3.06. The number of benzene rings is 1. The number of alkyl halides is 3. The number of halogens is 5. The van der Waals surface area contributed by atoms with Crippen molar-refractivity contribution in [1.29, 1.82) is 0 Å². The zero-order chi connectivity index (χ0) is 10.7. The first kappa shape index (κ1) is 11.5. The molecule has 14 heavy (non-hydrogen) atoms. The lowest BCUT2D eigenvalue weighted by molar-refractivity contribution is -0.0504. The Balaban J connectivity index is 3.07. The molecule has 0 saturated heterocycles. The summed E-state index contributed by atoms with van der Waals surface area (Å²) in [5.74, 6) is -1.20. The highest BCUT2D eigenvalue weighted by molar-refractivity contribution is 6.31. The lowest BCUT2D eigenvalue weighted by Crippen LogP contribution is -2.04. The molecule has 6 heteroatoms. The first-order valence-electron chi connectivity index (χ1n) is 3.53. The molecule has 78 valence electrons. The largest absolute Gasteiger partial charge is 0.434 e. The van der Waals surface area contributed by atoms with Crippen molar-refractivity contribution in [2.75, 3.05) is 0 Å². The van der Waals surface area contributed by atoms with E-state index in [0.29, 0.717) is 0 Å². The normalized spacial score (nSPS) is 10.7. The van der Waals surface area contributed by atoms with Crippen LogP contribution in [0, 0.1) is 5.82 Å². The number of hydrogen-bond acceptors (Lipinski definition) is 1. The van der Waals surface area contributed by atoms with Gasteiger partial charge in [-0.3, -0.25) is 0 Å². The summed E-state index contributed by atoms with van der Waals surface area (Å²) in [6, 6.07) is 1.94. The summed E-state index contributed by atoms with van der Waals surface area (Å²) >= 11 is 10.9. The second-order valence-electron chi connectivity index (χ2n) is 2.39. The van der Waals surface area contributed by atoms with E-state index in [1.54, 1.807) is 0 Å². The highest BCUT2D eigenvalue weighted by Gasteiger charge is 2.12. The van der Waals surface area contributed by atoms with Crippen LogP contribution < -0.4 is 4.74 Å². The van der Waals surface area contributed by atoms with E-state index in [1.807, 2.05) is 0 Å². The van der Waals surface area contributed by atoms with Gasteiger partial charge < -0.3 is 4.74 Å². The summed E-state index contributed by atoms with van der Waals surface area (Å²) in [6.07, 6.45) is 0. The van der Waals surface area contributed by atoms with Gasteiger partial charge in [0.2, 0.25) is 0 Å². The van der Waals surface area contributed by atoms with Crippen LogP contribution in [0.5, 0.6) is 5.75 Å². The van der Waals surface area contributed by atoms with E-state index in [4.69, 9.17) is 23.2 Å². The van der Waals surface area contributed by atoms with E-state index in [1.165, 1.54) is 0 Å². The molecule has 1 aromatic rings. The lowest BCUT2D eigenvalue weighted by atomic mass is 10.2. The first-order valence-corrected chi connectivity index (χ1v) is 4.44. The van der Waals surface area contributed by atoms with E-state index < -0.39 is 12.4 Å². The van der Waals surface area contributed by atoms with Gasteiger partial charge in [-0.05, 0) is 6.07 Å². The third kappa shape index (κ3) is 2.69. The summed E-state index contributed by atoms with van der Waals surface area (Å²) < 4.78 is 40.6. The Morgan fingerprint density at radius 1 is 1.36 bits per heavy atom. The molecule has 0 unspecified atom stereocenters. The molecule has 0 amide bonds. The molecule has 0 radical (unpaired) electrons. The van der Waals surface area contributed by atoms with Crippen molar-refractivity contribution in [3.05, 3.63) is 28.5 Å². The Morgan fingerprint density at radius 2 is 2.00 bits per heavy atom. The standard InChI is InChI=1S/C8H5Cl2F3O/c9-3-4-1-5(10)6(11)2-7(4)14-8(12)13/h1-2,8H,3H2. The predicted octanol–water partition coefficient (Wildman–Crippen LogP) is 3.82. The van der Waals surface area contributed by atoms with Gasteiger partial charge in [-0.25, -0.2) is 4.39 Å². The van der Waals surface area contributed by atoms with Crippen LogP contribution >= 0.6 is 23.2 Å². The average molecular weight is 245 g/mol. The molecule has 0 aliphatic rings. The van der Waals surface area contributed by atoms with Crippen molar-refractivity contribution in [2.45, 2.75) is 12.5 Å². The van der Waals surface area contributed by atoms with Gasteiger partial charge in [-0.2, -0.15) is 8.78 Å².